The second-order valence-electron chi connectivity index (χ2n) is 3.71. The van der Waals surface area contributed by atoms with Crippen LogP contribution in [0.4, 0.5) is 0 Å². The lowest BCUT2D eigenvalue weighted by Crippen LogP contribution is -2.07. The van der Waals surface area contributed by atoms with Crippen LogP contribution >= 0.6 is 15.9 Å². The lowest BCUT2D eigenvalue weighted by atomic mass is 10.0. The molecule has 2 aromatic rings. The van der Waals surface area contributed by atoms with Gasteiger partial charge in [0.2, 0.25) is 0 Å². The zero-order chi connectivity index (χ0) is 11.7. The van der Waals surface area contributed by atoms with Gasteiger partial charge in [-0.25, -0.2) is 4.68 Å². The van der Waals surface area contributed by atoms with Crippen LogP contribution in [-0.2, 0) is 7.05 Å². The van der Waals surface area contributed by atoms with Crippen LogP contribution in [0.5, 0.6) is 0 Å². The summed E-state index contributed by atoms with van der Waals surface area (Å²) in [5.41, 5.74) is 2.61. The van der Waals surface area contributed by atoms with Crippen molar-refractivity contribution in [3.05, 3.63) is 45.7 Å². The Labute approximate surface area is 102 Å². The number of hydrogen-bond donors (Lipinski definition) is 1. The maximum absolute atomic E-state index is 10.2. The fourth-order valence-corrected chi connectivity index (χ4v) is 2.17. The maximum atomic E-state index is 10.2. The molecule has 1 unspecified atom stereocenters. The van der Waals surface area contributed by atoms with Gasteiger partial charge in [0.15, 0.2) is 4.60 Å². The van der Waals surface area contributed by atoms with Gasteiger partial charge in [-0.15, -0.1) is 5.10 Å². The van der Waals surface area contributed by atoms with E-state index in [2.05, 4.69) is 26.2 Å². The van der Waals surface area contributed by atoms with Crippen molar-refractivity contribution in [1.29, 1.82) is 0 Å². The largest absolute Gasteiger partial charge is 0.382 e. The Kier molecular flexibility index (Phi) is 3.07. The molecule has 1 N–H and O–H groups in total. The number of rotatable bonds is 2. The first-order chi connectivity index (χ1) is 7.59. The average Bonchev–Trinajstić information content (AvgIpc) is 2.58. The quantitative estimate of drug-likeness (QED) is 0.916. The van der Waals surface area contributed by atoms with Crippen LogP contribution in [0.25, 0.3) is 0 Å². The predicted octanol–water partition coefficient (Wildman–Crippen LogP) is 1.97. The molecule has 1 aromatic carbocycles. The minimum absolute atomic E-state index is 0.573. The highest BCUT2D eigenvalue weighted by Gasteiger charge is 2.19. The Morgan fingerprint density at radius 2 is 2.19 bits per heavy atom. The summed E-state index contributed by atoms with van der Waals surface area (Å²) in [5, 5.41) is 17.9. The van der Waals surface area contributed by atoms with E-state index in [-0.39, 0.29) is 0 Å². The summed E-state index contributed by atoms with van der Waals surface area (Å²) in [6, 6.07) is 7.75. The van der Waals surface area contributed by atoms with Crippen molar-refractivity contribution < 1.29 is 5.11 Å². The molecule has 0 fully saturated rings. The van der Waals surface area contributed by atoms with Crippen LogP contribution < -0.4 is 0 Å². The second kappa shape index (κ2) is 4.35. The van der Waals surface area contributed by atoms with E-state index < -0.39 is 6.10 Å². The van der Waals surface area contributed by atoms with E-state index in [1.54, 1.807) is 11.7 Å². The van der Waals surface area contributed by atoms with Crippen molar-refractivity contribution in [3.63, 3.8) is 0 Å². The first kappa shape index (κ1) is 11.3. The van der Waals surface area contributed by atoms with Gasteiger partial charge in [0.1, 0.15) is 11.8 Å². The van der Waals surface area contributed by atoms with Crippen LogP contribution in [0.2, 0.25) is 0 Å². The number of aliphatic hydroxyl groups excluding tert-OH is 1. The number of aryl methyl sites for hydroxylation is 2. The van der Waals surface area contributed by atoms with Crippen molar-refractivity contribution in [2.45, 2.75) is 13.0 Å². The number of benzene rings is 1. The van der Waals surface area contributed by atoms with Crippen LogP contribution in [0.3, 0.4) is 0 Å². The zero-order valence-electron chi connectivity index (χ0n) is 9.05. The lowest BCUT2D eigenvalue weighted by molar-refractivity contribution is 0.209. The summed E-state index contributed by atoms with van der Waals surface area (Å²) in [6.45, 7) is 1.99. The summed E-state index contributed by atoms with van der Waals surface area (Å²) in [6.07, 6.45) is -0.714. The van der Waals surface area contributed by atoms with Crippen LogP contribution in [-0.4, -0.2) is 20.1 Å². The van der Waals surface area contributed by atoms with Crippen molar-refractivity contribution >= 4 is 15.9 Å². The van der Waals surface area contributed by atoms with Crippen molar-refractivity contribution in [3.8, 4) is 0 Å². The standard InChI is InChI=1S/C11H12BrN3O/c1-7-4-3-5-8(6-7)10(16)9-11(12)13-14-15(9)2/h3-6,10,16H,1-2H3. The summed E-state index contributed by atoms with van der Waals surface area (Å²) in [7, 11) is 1.76. The zero-order valence-corrected chi connectivity index (χ0v) is 10.6. The molecule has 0 saturated heterocycles. The van der Waals surface area contributed by atoms with Gasteiger partial charge in [0.05, 0.1) is 0 Å². The fraction of sp³-hybridized carbons (Fsp3) is 0.273. The van der Waals surface area contributed by atoms with Gasteiger partial charge >= 0.3 is 0 Å². The third kappa shape index (κ3) is 2.01. The van der Waals surface area contributed by atoms with Gasteiger partial charge in [0, 0.05) is 7.05 Å². The molecule has 0 bridgehead atoms. The second-order valence-corrected chi connectivity index (χ2v) is 4.46. The molecule has 0 aliphatic rings. The van der Waals surface area contributed by atoms with E-state index in [9.17, 15) is 5.11 Å². The first-order valence-electron chi connectivity index (χ1n) is 4.89. The Morgan fingerprint density at radius 1 is 1.44 bits per heavy atom. The minimum atomic E-state index is -0.714. The number of aromatic nitrogens is 3. The third-order valence-electron chi connectivity index (χ3n) is 2.44. The lowest BCUT2D eigenvalue weighted by Gasteiger charge is -2.11. The maximum Gasteiger partial charge on any atom is 0.154 e. The smallest absolute Gasteiger partial charge is 0.154 e. The molecule has 0 saturated carbocycles. The van der Waals surface area contributed by atoms with Gasteiger partial charge in [-0.2, -0.15) is 0 Å². The van der Waals surface area contributed by atoms with E-state index in [1.807, 2.05) is 31.2 Å². The normalized spacial score (nSPS) is 12.8. The van der Waals surface area contributed by atoms with Gasteiger partial charge in [0.25, 0.3) is 0 Å². The van der Waals surface area contributed by atoms with Crippen molar-refractivity contribution in [2.75, 3.05) is 0 Å². The van der Waals surface area contributed by atoms with Crippen LogP contribution in [0, 0.1) is 6.92 Å². The molecule has 0 radical (unpaired) electrons. The molecule has 4 nitrogen and oxygen atoms in total. The molecule has 0 aliphatic heterocycles. The highest BCUT2D eigenvalue weighted by atomic mass is 79.9. The molecule has 5 heteroatoms. The van der Waals surface area contributed by atoms with Crippen molar-refractivity contribution in [1.82, 2.24) is 15.0 Å². The molecular weight excluding hydrogens is 270 g/mol. The molecule has 2 rings (SSSR count). The van der Waals surface area contributed by atoms with Crippen LogP contribution in [0.15, 0.2) is 28.9 Å². The molecule has 84 valence electrons. The van der Waals surface area contributed by atoms with Crippen LogP contribution in [0.1, 0.15) is 22.9 Å². The summed E-state index contributed by atoms with van der Waals surface area (Å²) in [5.74, 6) is 0. The first-order valence-corrected chi connectivity index (χ1v) is 5.68. The van der Waals surface area contributed by atoms with E-state index in [0.29, 0.717) is 10.3 Å². The van der Waals surface area contributed by atoms with Gasteiger partial charge in [-0.05, 0) is 28.4 Å². The third-order valence-corrected chi connectivity index (χ3v) is 3.01. The molecule has 1 aromatic heterocycles. The molecule has 16 heavy (non-hydrogen) atoms. The Morgan fingerprint density at radius 3 is 2.75 bits per heavy atom. The molecule has 1 heterocycles. The summed E-state index contributed by atoms with van der Waals surface area (Å²) in [4.78, 5) is 0. The monoisotopic (exact) mass is 281 g/mol. The highest BCUT2D eigenvalue weighted by Crippen LogP contribution is 2.26. The fourth-order valence-electron chi connectivity index (χ4n) is 1.63. The van der Waals surface area contributed by atoms with Crippen molar-refractivity contribution in [2.24, 2.45) is 7.05 Å². The van der Waals surface area contributed by atoms with Gasteiger partial charge in [-0.1, -0.05) is 35.0 Å². The number of aliphatic hydroxyl groups is 1. The van der Waals surface area contributed by atoms with Gasteiger partial charge < -0.3 is 5.11 Å². The summed E-state index contributed by atoms with van der Waals surface area (Å²) < 4.78 is 2.14. The highest BCUT2D eigenvalue weighted by molar-refractivity contribution is 9.10. The predicted molar refractivity (Wildman–Crippen MR) is 63.9 cm³/mol. The number of hydrogen-bond acceptors (Lipinski definition) is 3. The molecule has 0 spiro atoms. The minimum Gasteiger partial charge on any atom is -0.382 e. The van der Waals surface area contributed by atoms with E-state index in [4.69, 9.17) is 0 Å². The van der Waals surface area contributed by atoms with Gasteiger partial charge in [-0.3, -0.25) is 0 Å². The molecule has 0 aliphatic carbocycles. The molecular formula is C11H12BrN3O. The topological polar surface area (TPSA) is 50.9 Å². The Balaban J connectivity index is 2.43. The van der Waals surface area contributed by atoms with E-state index >= 15 is 0 Å². The Bertz CT molecular complexity index is 490. The number of nitrogens with zero attached hydrogens (tertiary/aromatic N) is 3. The average molecular weight is 282 g/mol. The molecule has 1 atom stereocenters. The molecule has 0 amide bonds. The van der Waals surface area contributed by atoms with E-state index in [1.165, 1.54) is 0 Å². The summed E-state index contributed by atoms with van der Waals surface area (Å²) >= 11 is 3.28. The SMILES string of the molecule is Cc1cccc(C(O)c2c(Br)nnn2C)c1. The Hall–Kier alpha value is -1.20. The van der Waals surface area contributed by atoms with E-state index in [0.717, 1.165) is 11.1 Å². The number of halogens is 1.